The number of nitrogens with one attached hydrogen (secondary N) is 2. The lowest BCUT2D eigenvalue weighted by atomic mass is 9.94. The first-order chi connectivity index (χ1) is 8.48. The first kappa shape index (κ1) is 14.5. The van der Waals surface area contributed by atoms with Gasteiger partial charge in [-0.3, -0.25) is 0 Å². The molecule has 0 aliphatic heterocycles. The van der Waals surface area contributed by atoms with E-state index in [1.165, 1.54) is 6.92 Å². The highest BCUT2D eigenvalue weighted by molar-refractivity contribution is 5.85. The molecule has 0 saturated heterocycles. The number of urea groups is 1. The van der Waals surface area contributed by atoms with Gasteiger partial charge < -0.3 is 15.7 Å². The van der Waals surface area contributed by atoms with Crippen molar-refractivity contribution >= 4 is 12.0 Å². The van der Waals surface area contributed by atoms with Crippen LogP contribution in [0.2, 0.25) is 0 Å². The van der Waals surface area contributed by atoms with Crippen molar-refractivity contribution in [3.63, 3.8) is 0 Å². The maximum atomic E-state index is 11.7. The molecular formula is C13H22N2O3. The zero-order chi connectivity index (χ0) is 13.6. The number of aliphatic carboxylic acids is 1. The molecule has 0 saturated carbocycles. The lowest BCUT2D eigenvalue weighted by molar-refractivity contribution is -0.143. The lowest BCUT2D eigenvalue weighted by Gasteiger charge is -2.25. The van der Waals surface area contributed by atoms with E-state index in [4.69, 9.17) is 5.11 Å². The minimum atomic E-state index is -1.20. The van der Waals surface area contributed by atoms with Crippen molar-refractivity contribution in [1.29, 1.82) is 0 Å². The predicted octanol–water partition coefficient (Wildman–Crippen LogP) is 1.90. The SMILES string of the molecule is CCC(C)(NC(=O)NCC1CC=CCC1)C(=O)O. The van der Waals surface area contributed by atoms with E-state index in [-0.39, 0.29) is 0 Å². The van der Waals surface area contributed by atoms with E-state index in [1.54, 1.807) is 6.92 Å². The monoisotopic (exact) mass is 254 g/mol. The first-order valence-corrected chi connectivity index (χ1v) is 6.42. The van der Waals surface area contributed by atoms with Crippen LogP contribution in [0.4, 0.5) is 4.79 Å². The third-order valence-electron chi connectivity index (χ3n) is 3.50. The highest BCUT2D eigenvalue weighted by Gasteiger charge is 2.32. The number of carbonyl (C=O) groups excluding carboxylic acids is 1. The second-order valence-electron chi connectivity index (χ2n) is 4.98. The summed E-state index contributed by atoms with van der Waals surface area (Å²) in [5, 5.41) is 14.3. The molecule has 102 valence electrons. The molecule has 0 bridgehead atoms. The Labute approximate surface area is 108 Å². The van der Waals surface area contributed by atoms with Crippen molar-refractivity contribution in [2.24, 2.45) is 5.92 Å². The maximum absolute atomic E-state index is 11.7. The smallest absolute Gasteiger partial charge is 0.329 e. The molecule has 2 amide bonds. The summed E-state index contributed by atoms with van der Waals surface area (Å²) in [4.78, 5) is 22.7. The van der Waals surface area contributed by atoms with Crippen molar-refractivity contribution < 1.29 is 14.7 Å². The summed E-state index contributed by atoms with van der Waals surface area (Å²) < 4.78 is 0. The number of carbonyl (C=O) groups is 2. The van der Waals surface area contributed by atoms with Crippen LogP contribution in [0.5, 0.6) is 0 Å². The summed E-state index contributed by atoms with van der Waals surface area (Å²) in [6.07, 6.45) is 7.72. The summed E-state index contributed by atoms with van der Waals surface area (Å²) in [6, 6.07) is -0.406. The molecule has 0 aromatic rings. The molecule has 0 fully saturated rings. The largest absolute Gasteiger partial charge is 0.480 e. The fraction of sp³-hybridized carbons (Fsp3) is 0.692. The molecule has 0 spiro atoms. The van der Waals surface area contributed by atoms with Crippen LogP contribution >= 0.6 is 0 Å². The molecule has 0 heterocycles. The lowest BCUT2D eigenvalue weighted by Crippen LogP contribution is -2.55. The molecule has 0 aromatic carbocycles. The topological polar surface area (TPSA) is 78.4 Å². The van der Waals surface area contributed by atoms with Gasteiger partial charge >= 0.3 is 12.0 Å². The van der Waals surface area contributed by atoms with E-state index in [2.05, 4.69) is 22.8 Å². The number of carboxylic acid groups (broad SMARTS) is 1. The molecule has 5 nitrogen and oxygen atoms in total. The molecule has 1 aliphatic rings. The van der Waals surface area contributed by atoms with Gasteiger partial charge in [-0.25, -0.2) is 9.59 Å². The molecule has 1 aliphatic carbocycles. The Balaban J connectivity index is 2.36. The van der Waals surface area contributed by atoms with Gasteiger partial charge in [0.1, 0.15) is 5.54 Å². The number of hydrogen-bond donors (Lipinski definition) is 3. The van der Waals surface area contributed by atoms with Gasteiger partial charge in [-0.05, 0) is 38.5 Å². The fourth-order valence-electron chi connectivity index (χ4n) is 1.87. The summed E-state index contributed by atoms with van der Waals surface area (Å²) in [5.41, 5.74) is -1.20. The zero-order valence-electron chi connectivity index (χ0n) is 11.0. The van der Waals surface area contributed by atoms with E-state index < -0.39 is 17.5 Å². The Morgan fingerprint density at radius 3 is 2.67 bits per heavy atom. The molecular weight excluding hydrogens is 232 g/mol. The predicted molar refractivity (Wildman–Crippen MR) is 69.3 cm³/mol. The van der Waals surface area contributed by atoms with Crippen LogP contribution in [0.25, 0.3) is 0 Å². The molecule has 0 radical (unpaired) electrons. The zero-order valence-corrected chi connectivity index (χ0v) is 11.0. The van der Waals surface area contributed by atoms with E-state index in [1.807, 2.05) is 0 Å². The minimum Gasteiger partial charge on any atom is -0.480 e. The van der Waals surface area contributed by atoms with Crippen molar-refractivity contribution in [3.8, 4) is 0 Å². The summed E-state index contributed by atoms with van der Waals surface area (Å²) in [7, 11) is 0. The Morgan fingerprint density at radius 2 is 2.17 bits per heavy atom. The molecule has 1 rings (SSSR count). The average Bonchev–Trinajstić information content (AvgIpc) is 2.37. The standard InChI is InChI=1S/C13H22N2O3/c1-3-13(2,11(16)17)15-12(18)14-9-10-7-5-4-6-8-10/h4-5,10H,3,6-9H2,1-2H3,(H,16,17)(H2,14,15,18). The van der Waals surface area contributed by atoms with Gasteiger partial charge in [0.2, 0.25) is 0 Å². The van der Waals surface area contributed by atoms with Gasteiger partial charge in [-0.2, -0.15) is 0 Å². The first-order valence-electron chi connectivity index (χ1n) is 6.42. The van der Waals surface area contributed by atoms with Crippen LogP contribution in [0, 0.1) is 5.92 Å². The highest BCUT2D eigenvalue weighted by Crippen LogP contribution is 2.17. The number of allylic oxidation sites excluding steroid dienone is 2. The second kappa shape index (κ2) is 6.42. The second-order valence-corrected chi connectivity index (χ2v) is 4.98. The molecule has 5 heteroatoms. The average molecular weight is 254 g/mol. The Kier molecular flexibility index (Phi) is 5.19. The summed E-state index contributed by atoms with van der Waals surface area (Å²) >= 11 is 0. The molecule has 2 atom stereocenters. The Hall–Kier alpha value is -1.52. The van der Waals surface area contributed by atoms with Crippen LogP contribution in [0.3, 0.4) is 0 Å². The molecule has 18 heavy (non-hydrogen) atoms. The maximum Gasteiger partial charge on any atom is 0.329 e. The quantitative estimate of drug-likeness (QED) is 0.656. The van der Waals surface area contributed by atoms with Gasteiger partial charge in [0.15, 0.2) is 0 Å². The van der Waals surface area contributed by atoms with E-state index in [0.717, 1.165) is 19.3 Å². The summed E-state index contributed by atoms with van der Waals surface area (Å²) in [6.45, 7) is 3.84. The van der Waals surface area contributed by atoms with E-state index >= 15 is 0 Å². The van der Waals surface area contributed by atoms with Gasteiger partial charge in [-0.15, -0.1) is 0 Å². The normalized spacial score (nSPS) is 22.0. The van der Waals surface area contributed by atoms with Crippen LogP contribution in [-0.4, -0.2) is 29.2 Å². The third kappa shape index (κ3) is 4.05. The van der Waals surface area contributed by atoms with Crippen molar-refractivity contribution in [1.82, 2.24) is 10.6 Å². The minimum absolute atomic E-state index is 0.349. The van der Waals surface area contributed by atoms with Crippen molar-refractivity contribution in [2.75, 3.05) is 6.54 Å². The molecule has 2 unspecified atom stereocenters. The molecule has 3 N–H and O–H groups in total. The number of rotatable bonds is 5. The van der Waals surface area contributed by atoms with Crippen molar-refractivity contribution in [2.45, 2.75) is 45.1 Å². The van der Waals surface area contributed by atoms with Crippen LogP contribution in [0.1, 0.15) is 39.5 Å². The third-order valence-corrected chi connectivity index (χ3v) is 3.50. The van der Waals surface area contributed by atoms with Gasteiger partial charge in [0.25, 0.3) is 0 Å². The van der Waals surface area contributed by atoms with Crippen LogP contribution in [0.15, 0.2) is 12.2 Å². The van der Waals surface area contributed by atoms with Crippen molar-refractivity contribution in [3.05, 3.63) is 12.2 Å². The van der Waals surface area contributed by atoms with Crippen LogP contribution in [-0.2, 0) is 4.79 Å². The highest BCUT2D eigenvalue weighted by atomic mass is 16.4. The van der Waals surface area contributed by atoms with Gasteiger partial charge in [0, 0.05) is 6.54 Å². The van der Waals surface area contributed by atoms with Crippen LogP contribution < -0.4 is 10.6 Å². The fourth-order valence-corrected chi connectivity index (χ4v) is 1.87. The van der Waals surface area contributed by atoms with Gasteiger partial charge in [-0.1, -0.05) is 19.1 Å². The number of carboxylic acids is 1. The van der Waals surface area contributed by atoms with E-state index in [9.17, 15) is 9.59 Å². The number of amides is 2. The Bertz CT molecular complexity index is 341. The molecule has 0 aromatic heterocycles. The number of hydrogen-bond acceptors (Lipinski definition) is 2. The van der Waals surface area contributed by atoms with E-state index in [0.29, 0.717) is 18.9 Å². The van der Waals surface area contributed by atoms with Gasteiger partial charge in [0.05, 0.1) is 0 Å². The summed E-state index contributed by atoms with van der Waals surface area (Å²) in [5.74, 6) is -0.556. The Morgan fingerprint density at radius 1 is 1.44 bits per heavy atom.